The molecule has 0 radical (unpaired) electrons. The number of nitro benzene ring substituents is 1. The lowest BCUT2D eigenvalue weighted by molar-refractivity contribution is -0.384. The van der Waals surface area contributed by atoms with E-state index in [0.717, 1.165) is 0 Å². The Morgan fingerprint density at radius 2 is 1.80 bits per heavy atom. The zero-order valence-corrected chi connectivity index (χ0v) is 26.3. The van der Waals surface area contributed by atoms with Crippen LogP contribution >= 0.6 is 35.4 Å². The van der Waals surface area contributed by atoms with Gasteiger partial charge in [0.2, 0.25) is 0 Å². The molecule has 0 fully saturated rings. The van der Waals surface area contributed by atoms with E-state index in [0.29, 0.717) is 38.8 Å². The molecule has 0 saturated heterocycles. The third kappa shape index (κ3) is 8.69. The van der Waals surface area contributed by atoms with Crippen LogP contribution in [0, 0.1) is 10.1 Å². The average Bonchev–Trinajstić information content (AvgIpc) is 2.99. The first kappa shape index (κ1) is 33.2. The highest BCUT2D eigenvalue weighted by molar-refractivity contribution is 7.80. The van der Waals surface area contributed by atoms with E-state index in [-0.39, 0.29) is 41.3 Å². The van der Waals surface area contributed by atoms with Gasteiger partial charge < -0.3 is 24.8 Å². The van der Waals surface area contributed by atoms with Gasteiger partial charge in [-0.15, -0.1) is 0 Å². The predicted octanol–water partition coefficient (Wildman–Crippen LogP) is 5.37. The van der Waals surface area contributed by atoms with Crippen LogP contribution in [0.15, 0.2) is 77.0 Å². The topological polar surface area (TPSA) is 153 Å². The van der Waals surface area contributed by atoms with Crippen molar-refractivity contribution in [1.29, 1.82) is 0 Å². The van der Waals surface area contributed by atoms with Crippen molar-refractivity contribution in [1.82, 2.24) is 16.1 Å². The minimum absolute atomic E-state index is 0.0290. The number of hydrogen-bond acceptors (Lipinski definition) is 9. The first-order valence-electron chi connectivity index (χ1n) is 13.4. The minimum atomic E-state index is -0.661. The summed E-state index contributed by atoms with van der Waals surface area (Å²) in [4.78, 5) is 35.6. The van der Waals surface area contributed by atoms with E-state index in [9.17, 15) is 19.7 Å². The predicted molar refractivity (Wildman–Crippen MR) is 173 cm³/mol. The third-order valence-corrected chi connectivity index (χ3v) is 7.09. The highest BCUT2D eigenvalue weighted by atomic mass is 35.5. The SMILES string of the molecule is CCOC(=O)C1=C(C)NC(=S)N[C@H]1c1ccccc1OCC(=O)NN=Cc1cc(Cl)c(OCc2ccc([N+](=O)[O-])cc2)c(Cl)c1. The summed E-state index contributed by atoms with van der Waals surface area (Å²) in [5.74, 6) is -0.470. The Labute approximate surface area is 273 Å². The number of benzene rings is 3. The van der Waals surface area contributed by atoms with Crippen molar-refractivity contribution in [2.45, 2.75) is 26.5 Å². The van der Waals surface area contributed by atoms with Crippen LogP contribution < -0.4 is 25.5 Å². The van der Waals surface area contributed by atoms with Crippen molar-refractivity contribution in [3.8, 4) is 11.5 Å². The first-order valence-corrected chi connectivity index (χ1v) is 14.6. The monoisotopic (exact) mass is 671 g/mol. The van der Waals surface area contributed by atoms with Crippen LogP contribution in [0.1, 0.15) is 36.6 Å². The summed E-state index contributed by atoms with van der Waals surface area (Å²) < 4.78 is 16.7. The van der Waals surface area contributed by atoms with Crippen LogP contribution in [0.3, 0.4) is 0 Å². The van der Waals surface area contributed by atoms with Gasteiger partial charge in [-0.05, 0) is 67.5 Å². The van der Waals surface area contributed by atoms with Crippen LogP contribution in [0.2, 0.25) is 10.0 Å². The highest BCUT2D eigenvalue weighted by Crippen LogP contribution is 2.35. The molecule has 4 rings (SSSR count). The van der Waals surface area contributed by atoms with Crippen molar-refractivity contribution < 1.29 is 28.7 Å². The maximum Gasteiger partial charge on any atom is 0.338 e. The molecule has 234 valence electrons. The summed E-state index contributed by atoms with van der Waals surface area (Å²) in [5, 5.41) is 21.5. The van der Waals surface area contributed by atoms with Gasteiger partial charge in [-0.25, -0.2) is 10.2 Å². The number of nitrogens with zero attached hydrogens (tertiary/aromatic N) is 2. The molecule has 1 amide bonds. The maximum atomic E-state index is 12.7. The molecule has 3 aromatic rings. The number of hydrazone groups is 1. The molecule has 0 spiro atoms. The van der Waals surface area contributed by atoms with E-state index < -0.39 is 22.8 Å². The second-order valence-corrected chi connectivity index (χ2v) is 10.7. The van der Waals surface area contributed by atoms with Gasteiger partial charge in [0.15, 0.2) is 17.5 Å². The van der Waals surface area contributed by atoms with Crippen LogP contribution in [0.25, 0.3) is 0 Å². The lowest BCUT2D eigenvalue weighted by atomic mass is 9.95. The van der Waals surface area contributed by atoms with Gasteiger partial charge in [-0.3, -0.25) is 14.9 Å². The zero-order valence-electron chi connectivity index (χ0n) is 24.0. The zero-order chi connectivity index (χ0) is 32.5. The smallest absolute Gasteiger partial charge is 0.338 e. The minimum Gasteiger partial charge on any atom is -0.486 e. The number of carbonyl (C=O) groups excluding carboxylic acids is 2. The van der Waals surface area contributed by atoms with E-state index in [1.165, 1.54) is 18.3 Å². The van der Waals surface area contributed by atoms with Crippen molar-refractivity contribution in [3.05, 3.63) is 109 Å². The quantitative estimate of drug-likeness (QED) is 0.0753. The van der Waals surface area contributed by atoms with E-state index in [4.69, 9.17) is 49.6 Å². The second-order valence-electron chi connectivity index (χ2n) is 9.44. The number of allylic oxidation sites excluding steroid dienone is 1. The molecule has 15 heteroatoms. The Morgan fingerprint density at radius 1 is 1.11 bits per heavy atom. The van der Waals surface area contributed by atoms with Crippen LogP contribution in [-0.2, 0) is 20.9 Å². The molecule has 12 nitrogen and oxygen atoms in total. The molecule has 0 saturated carbocycles. The van der Waals surface area contributed by atoms with E-state index in [1.54, 1.807) is 62.4 Å². The van der Waals surface area contributed by atoms with Gasteiger partial charge in [0.25, 0.3) is 11.6 Å². The van der Waals surface area contributed by atoms with Gasteiger partial charge in [-0.2, -0.15) is 5.10 Å². The van der Waals surface area contributed by atoms with E-state index in [2.05, 4.69) is 21.2 Å². The van der Waals surface area contributed by atoms with Gasteiger partial charge in [0, 0.05) is 23.4 Å². The van der Waals surface area contributed by atoms with Crippen molar-refractivity contribution in [2.75, 3.05) is 13.2 Å². The number of rotatable bonds is 12. The number of para-hydroxylation sites is 1. The average molecular weight is 673 g/mol. The number of carbonyl (C=O) groups is 2. The normalized spacial score (nSPS) is 14.4. The number of nitro groups is 1. The van der Waals surface area contributed by atoms with Gasteiger partial charge in [0.05, 0.1) is 39.4 Å². The molecule has 3 aromatic carbocycles. The van der Waals surface area contributed by atoms with Gasteiger partial charge >= 0.3 is 5.97 Å². The Kier molecular flexibility index (Phi) is 11.3. The van der Waals surface area contributed by atoms with Crippen molar-refractivity contribution >= 4 is 64.3 Å². The number of amides is 1. The summed E-state index contributed by atoms with van der Waals surface area (Å²) in [5.41, 5.74) is 5.00. The van der Waals surface area contributed by atoms with Crippen LogP contribution in [-0.4, -0.2) is 41.3 Å². The number of hydrogen-bond donors (Lipinski definition) is 3. The van der Waals surface area contributed by atoms with Crippen molar-refractivity contribution in [2.24, 2.45) is 5.10 Å². The molecule has 1 atom stereocenters. The lowest BCUT2D eigenvalue weighted by Crippen LogP contribution is -2.45. The number of nitrogens with one attached hydrogen (secondary N) is 3. The molecule has 1 heterocycles. The first-order chi connectivity index (χ1) is 21.6. The maximum absolute atomic E-state index is 12.7. The van der Waals surface area contributed by atoms with Crippen molar-refractivity contribution in [3.63, 3.8) is 0 Å². The fourth-order valence-corrected chi connectivity index (χ4v) is 5.16. The molecule has 0 bridgehead atoms. The summed E-state index contributed by atoms with van der Waals surface area (Å²) in [7, 11) is 0. The van der Waals surface area contributed by atoms with Crippen LogP contribution in [0.5, 0.6) is 11.5 Å². The fraction of sp³-hybridized carbons (Fsp3) is 0.200. The molecular weight excluding hydrogens is 645 g/mol. The summed E-state index contributed by atoms with van der Waals surface area (Å²) >= 11 is 18.0. The Morgan fingerprint density at radius 3 is 2.47 bits per heavy atom. The standard InChI is InChI=1S/C30H27Cl2N5O7S/c1-3-42-29(39)26-17(2)34-30(45)35-27(26)21-6-4-5-7-24(21)43-16-25(38)36-33-14-19-12-22(31)28(23(32)13-19)44-15-18-8-10-20(11-9-18)37(40)41/h4-14,27H,3,15-16H2,1-2H3,(H,36,38)(H2,34,35,45)/t27-/m0/s1. The lowest BCUT2D eigenvalue weighted by Gasteiger charge is -2.30. The number of ether oxygens (including phenoxy) is 3. The Hall–Kier alpha value is -4.72. The molecule has 0 aromatic heterocycles. The molecule has 0 unspecified atom stereocenters. The molecular formula is C30H27Cl2N5O7S. The van der Waals surface area contributed by atoms with Gasteiger partial charge in [0.1, 0.15) is 12.4 Å². The van der Waals surface area contributed by atoms with Gasteiger partial charge in [-0.1, -0.05) is 41.4 Å². The largest absolute Gasteiger partial charge is 0.486 e. The fourth-order valence-electron chi connectivity index (χ4n) is 4.27. The van der Waals surface area contributed by atoms with E-state index >= 15 is 0 Å². The highest BCUT2D eigenvalue weighted by Gasteiger charge is 2.32. The Bertz CT molecular complexity index is 1660. The summed E-state index contributed by atoms with van der Waals surface area (Å²) in [6.45, 7) is 3.35. The number of thiocarbonyl (C=S) groups is 1. The number of halogens is 2. The molecule has 3 N–H and O–H groups in total. The second kappa shape index (κ2) is 15.3. The molecule has 1 aliphatic heterocycles. The summed E-state index contributed by atoms with van der Waals surface area (Å²) in [6, 6.07) is 15.3. The number of esters is 1. The Balaban J connectivity index is 1.36. The van der Waals surface area contributed by atoms with Crippen LogP contribution in [0.4, 0.5) is 5.69 Å². The third-order valence-electron chi connectivity index (χ3n) is 6.31. The summed E-state index contributed by atoms with van der Waals surface area (Å²) in [6.07, 6.45) is 1.35. The molecule has 45 heavy (non-hydrogen) atoms. The number of non-ortho nitro benzene ring substituents is 1. The van der Waals surface area contributed by atoms with E-state index in [1.807, 2.05) is 0 Å². The molecule has 1 aliphatic rings. The molecule has 0 aliphatic carbocycles.